The molecule has 2 heterocycles. The Morgan fingerprint density at radius 2 is 2.16 bits per heavy atom. The van der Waals surface area contributed by atoms with Crippen LogP contribution in [0.1, 0.15) is 38.5 Å². The summed E-state index contributed by atoms with van der Waals surface area (Å²) in [6, 6.07) is 0. The van der Waals surface area contributed by atoms with Gasteiger partial charge in [0, 0.05) is 18.5 Å². The van der Waals surface area contributed by atoms with Crippen LogP contribution in [0.25, 0.3) is 0 Å². The van der Waals surface area contributed by atoms with Crippen molar-refractivity contribution in [3.8, 4) is 0 Å². The van der Waals surface area contributed by atoms with Gasteiger partial charge in [-0.3, -0.25) is 0 Å². The number of nitrogens with one attached hydrogen (secondary N) is 1. The molecule has 0 aromatic carbocycles. The van der Waals surface area contributed by atoms with E-state index in [1.807, 2.05) is 0 Å². The van der Waals surface area contributed by atoms with Gasteiger partial charge in [0.05, 0.1) is 11.8 Å². The largest absolute Gasteiger partial charge is 0.387 e. The molecule has 0 amide bonds. The molecule has 1 aliphatic rings. The summed E-state index contributed by atoms with van der Waals surface area (Å²) in [5, 5.41) is 11.3. The second kappa shape index (κ2) is 5.74. The van der Waals surface area contributed by atoms with Crippen molar-refractivity contribution in [3.05, 3.63) is 11.1 Å². The Morgan fingerprint density at radius 1 is 1.53 bits per heavy atom. The van der Waals surface area contributed by atoms with Gasteiger partial charge in [0.25, 0.3) is 0 Å². The predicted molar refractivity (Wildman–Crippen MR) is 75.3 cm³/mol. The fourth-order valence-corrected chi connectivity index (χ4v) is 4.16. The van der Waals surface area contributed by atoms with Crippen molar-refractivity contribution >= 4 is 26.7 Å². The smallest absolute Gasteiger partial charge is 0.303 e. The highest BCUT2D eigenvalue weighted by Crippen LogP contribution is 2.24. The number of thiazole rings is 1. The number of anilines is 1. The van der Waals surface area contributed by atoms with Crippen LogP contribution < -0.4 is 4.72 Å². The number of nitrogens with zero attached hydrogens (tertiary/aromatic N) is 2. The van der Waals surface area contributed by atoms with Gasteiger partial charge in [-0.2, -0.15) is 12.7 Å². The molecule has 108 valence electrons. The maximum Gasteiger partial charge on any atom is 0.303 e. The molecule has 2 rings (SSSR count). The minimum atomic E-state index is -3.52. The third kappa shape index (κ3) is 3.65. The molecule has 1 unspecified atom stereocenters. The molecule has 0 spiro atoms. The van der Waals surface area contributed by atoms with Gasteiger partial charge in [0.2, 0.25) is 0 Å². The Labute approximate surface area is 117 Å². The molecule has 0 aliphatic carbocycles. The zero-order valence-electron chi connectivity index (χ0n) is 11.0. The van der Waals surface area contributed by atoms with Crippen LogP contribution >= 0.6 is 11.3 Å². The van der Waals surface area contributed by atoms with Crippen LogP contribution in [0.3, 0.4) is 0 Å². The summed E-state index contributed by atoms with van der Waals surface area (Å²) in [5.74, 6) is 0.577. The van der Waals surface area contributed by atoms with Crippen LogP contribution in [-0.4, -0.2) is 35.9 Å². The average Bonchev–Trinajstić information content (AvgIpc) is 2.77. The van der Waals surface area contributed by atoms with E-state index >= 15 is 0 Å². The van der Waals surface area contributed by atoms with Gasteiger partial charge in [-0.15, -0.1) is 11.3 Å². The first-order valence-corrected chi connectivity index (χ1v) is 8.62. The molecule has 0 radical (unpaired) electrons. The number of hydrogen-bond acceptors (Lipinski definition) is 5. The highest BCUT2D eigenvalue weighted by molar-refractivity contribution is 7.90. The molecular formula is C11H19N3O3S2. The molecule has 1 aromatic rings. The molecule has 1 aliphatic heterocycles. The van der Waals surface area contributed by atoms with Crippen molar-refractivity contribution in [2.24, 2.45) is 5.92 Å². The molecule has 2 N–H and O–H groups in total. The average molecular weight is 305 g/mol. The third-order valence-electron chi connectivity index (χ3n) is 3.25. The SMILES string of the molecule is CC1CCN(S(=O)(=O)Nc2nc(C(C)O)cs2)CC1. The maximum atomic E-state index is 12.2. The summed E-state index contributed by atoms with van der Waals surface area (Å²) in [4.78, 5) is 4.06. The van der Waals surface area contributed by atoms with Gasteiger partial charge < -0.3 is 5.11 Å². The molecular weight excluding hydrogens is 286 g/mol. The van der Waals surface area contributed by atoms with E-state index in [9.17, 15) is 13.5 Å². The minimum absolute atomic E-state index is 0.300. The van der Waals surface area contributed by atoms with Crippen LogP contribution in [0.15, 0.2) is 5.38 Å². The number of hydrogen-bond donors (Lipinski definition) is 2. The van der Waals surface area contributed by atoms with Crippen molar-refractivity contribution in [1.82, 2.24) is 9.29 Å². The van der Waals surface area contributed by atoms with Gasteiger partial charge >= 0.3 is 10.2 Å². The van der Waals surface area contributed by atoms with Gasteiger partial charge in [-0.1, -0.05) is 6.92 Å². The zero-order chi connectivity index (χ0) is 14.0. The summed E-state index contributed by atoms with van der Waals surface area (Å²) in [6.45, 7) is 4.82. The van der Waals surface area contributed by atoms with Crippen LogP contribution in [0, 0.1) is 5.92 Å². The number of rotatable bonds is 4. The lowest BCUT2D eigenvalue weighted by Gasteiger charge is -2.29. The van der Waals surface area contributed by atoms with Crippen LogP contribution in [0.4, 0.5) is 5.13 Å². The minimum Gasteiger partial charge on any atom is -0.387 e. The second-order valence-electron chi connectivity index (χ2n) is 4.94. The summed E-state index contributed by atoms with van der Waals surface area (Å²) in [7, 11) is -3.52. The number of aromatic nitrogens is 1. The van der Waals surface area contributed by atoms with E-state index in [0.29, 0.717) is 29.8 Å². The van der Waals surface area contributed by atoms with Crippen molar-refractivity contribution in [2.75, 3.05) is 17.8 Å². The van der Waals surface area contributed by atoms with Gasteiger partial charge in [0.15, 0.2) is 5.13 Å². The summed E-state index contributed by atoms with van der Waals surface area (Å²) in [5.41, 5.74) is 0.481. The Bertz CT molecular complexity index is 519. The number of aliphatic hydroxyl groups is 1. The quantitative estimate of drug-likeness (QED) is 0.885. The molecule has 0 saturated carbocycles. The Hall–Kier alpha value is -0.700. The molecule has 1 fully saturated rings. The number of aliphatic hydroxyl groups excluding tert-OH is 1. The monoisotopic (exact) mass is 305 g/mol. The first-order chi connectivity index (χ1) is 8.88. The van der Waals surface area contributed by atoms with Crippen LogP contribution in [0.2, 0.25) is 0 Å². The Balaban J connectivity index is 2.04. The van der Waals surface area contributed by atoms with E-state index in [4.69, 9.17) is 0 Å². The Morgan fingerprint density at radius 3 is 2.68 bits per heavy atom. The van der Waals surface area contributed by atoms with Crippen molar-refractivity contribution in [1.29, 1.82) is 0 Å². The normalized spacial score (nSPS) is 20.4. The fraction of sp³-hybridized carbons (Fsp3) is 0.727. The van der Waals surface area contributed by atoms with Gasteiger partial charge in [-0.05, 0) is 25.7 Å². The van der Waals surface area contributed by atoms with E-state index in [1.165, 1.54) is 15.6 Å². The van der Waals surface area contributed by atoms with Crippen molar-refractivity contribution in [3.63, 3.8) is 0 Å². The highest BCUT2D eigenvalue weighted by Gasteiger charge is 2.27. The predicted octanol–water partition coefficient (Wildman–Crippen LogP) is 1.58. The summed E-state index contributed by atoms with van der Waals surface area (Å²) >= 11 is 1.18. The third-order valence-corrected chi connectivity index (χ3v) is 5.65. The molecule has 1 saturated heterocycles. The van der Waals surface area contributed by atoms with E-state index in [-0.39, 0.29) is 0 Å². The lowest BCUT2D eigenvalue weighted by Crippen LogP contribution is -2.41. The summed E-state index contributed by atoms with van der Waals surface area (Å²) < 4.78 is 28.2. The molecule has 8 heteroatoms. The lowest BCUT2D eigenvalue weighted by molar-refractivity contribution is 0.195. The zero-order valence-corrected chi connectivity index (χ0v) is 12.7. The first-order valence-electron chi connectivity index (χ1n) is 6.30. The van der Waals surface area contributed by atoms with Gasteiger partial charge in [0.1, 0.15) is 0 Å². The van der Waals surface area contributed by atoms with Crippen molar-refractivity contribution < 1.29 is 13.5 Å². The summed E-state index contributed by atoms with van der Waals surface area (Å²) in [6.07, 6.45) is 1.08. The lowest BCUT2D eigenvalue weighted by atomic mass is 10.0. The number of piperidine rings is 1. The standard InChI is InChI=1S/C11H19N3O3S2/c1-8-3-5-14(6-4-8)19(16,17)13-11-12-10(7-18-11)9(2)15/h7-9,15H,3-6H2,1-2H3,(H,12,13). The van der Waals surface area contributed by atoms with E-state index in [2.05, 4.69) is 16.6 Å². The van der Waals surface area contributed by atoms with Crippen LogP contribution in [0.5, 0.6) is 0 Å². The second-order valence-corrected chi connectivity index (χ2v) is 7.47. The fourth-order valence-electron chi connectivity index (χ4n) is 1.93. The molecule has 0 bridgehead atoms. The topological polar surface area (TPSA) is 82.5 Å². The maximum absolute atomic E-state index is 12.2. The van der Waals surface area contributed by atoms with Crippen LogP contribution in [-0.2, 0) is 10.2 Å². The van der Waals surface area contributed by atoms with E-state index in [0.717, 1.165) is 12.8 Å². The molecule has 1 atom stereocenters. The highest BCUT2D eigenvalue weighted by atomic mass is 32.2. The van der Waals surface area contributed by atoms with Gasteiger partial charge in [-0.25, -0.2) is 9.71 Å². The van der Waals surface area contributed by atoms with Crippen molar-refractivity contribution in [2.45, 2.75) is 32.8 Å². The first kappa shape index (κ1) is 14.7. The molecule has 1 aromatic heterocycles. The Kier molecular flexibility index (Phi) is 4.44. The molecule has 6 nitrogen and oxygen atoms in total. The van der Waals surface area contributed by atoms with E-state index < -0.39 is 16.3 Å². The van der Waals surface area contributed by atoms with E-state index in [1.54, 1.807) is 12.3 Å². The molecule has 19 heavy (non-hydrogen) atoms.